The van der Waals surface area contributed by atoms with E-state index < -0.39 is 5.91 Å². The predicted molar refractivity (Wildman–Crippen MR) is 71.9 cm³/mol. The Labute approximate surface area is 102 Å². The third-order valence-electron chi connectivity index (χ3n) is 2.53. The van der Waals surface area contributed by atoms with E-state index in [9.17, 15) is 4.79 Å². The Morgan fingerprint density at radius 2 is 2.00 bits per heavy atom. The summed E-state index contributed by atoms with van der Waals surface area (Å²) in [5.41, 5.74) is 13.1. The monoisotopic (exact) mass is 235 g/mol. The number of hydrogen-bond acceptors (Lipinski definition) is 3. The van der Waals surface area contributed by atoms with Gasteiger partial charge in [-0.25, -0.2) is 0 Å². The number of hydrogen-bond donors (Lipinski definition) is 3. The van der Waals surface area contributed by atoms with E-state index in [0.29, 0.717) is 11.3 Å². The number of amides is 1. The summed E-state index contributed by atoms with van der Waals surface area (Å²) < 4.78 is 0. The first-order chi connectivity index (χ1) is 7.79. The second kappa shape index (κ2) is 5.08. The molecule has 0 saturated carbocycles. The average molecular weight is 235 g/mol. The van der Waals surface area contributed by atoms with Crippen molar-refractivity contribution in [2.24, 2.45) is 11.1 Å². The Hall–Kier alpha value is -1.71. The highest BCUT2D eigenvalue weighted by atomic mass is 16.1. The van der Waals surface area contributed by atoms with Gasteiger partial charge in [-0.2, -0.15) is 0 Å². The summed E-state index contributed by atoms with van der Waals surface area (Å²) in [6.07, 6.45) is 1.05. The van der Waals surface area contributed by atoms with E-state index in [1.165, 1.54) is 0 Å². The van der Waals surface area contributed by atoms with E-state index in [0.717, 1.165) is 18.7 Å². The van der Waals surface area contributed by atoms with Crippen LogP contribution in [0.15, 0.2) is 18.2 Å². The van der Waals surface area contributed by atoms with Crippen LogP contribution >= 0.6 is 0 Å². The summed E-state index contributed by atoms with van der Waals surface area (Å²) in [6, 6.07) is 5.07. The first-order valence-corrected chi connectivity index (χ1v) is 5.73. The molecule has 5 N–H and O–H groups in total. The second-order valence-corrected chi connectivity index (χ2v) is 5.40. The lowest BCUT2D eigenvalue weighted by Gasteiger charge is -2.19. The third kappa shape index (κ3) is 4.34. The lowest BCUT2D eigenvalue weighted by atomic mass is 9.92. The number of rotatable bonds is 4. The first kappa shape index (κ1) is 13.4. The lowest BCUT2D eigenvalue weighted by molar-refractivity contribution is 0.100. The topological polar surface area (TPSA) is 81.1 Å². The molecule has 0 aliphatic rings. The van der Waals surface area contributed by atoms with Crippen LogP contribution in [0, 0.1) is 5.41 Å². The molecule has 0 fully saturated rings. The van der Waals surface area contributed by atoms with Crippen LogP contribution in [0.2, 0.25) is 0 Å². The highest BCUT2D eigenvalue weighted by Gasteiger charge is 2.10. The van der Waals surface area contributed by atoms with Crippen molar-refractivity contribution in [2.75, 3.05) is 17.6 Å². The van der Waals surface area contributed by atoms with Crippen molar-refractivity contribution in [2.45, 2.75) is 27.2 Å². The van der Waals surface area contributed by atoms with Crippen LogP contribution in [0.25, 0.3) is 0 Å². The molecule has 0 heterocycles. The Morgan fingerprint density at radius 3 is 2.47 bits per heavy atom. The molecule has 17 heavy (non-hydrogen) atoms. The number of primary amides is 1. The fraction of sp³-hybridized carbons (Fsp3) is 0.462. The van der Waals surface area contributed by atoms with Crippen LogP contribution < -0.4 is 16.8 Å². The summed E-state index contributed by atoms with van der Waals surface area (Å²) in [5.74, 6) is -0.460. The maximum atomic E-state index is 11.0. The number of benzene rings is 1. The van der Waals surface area contributed by atoms with Gasteiger partial charge in [0.05, 0.1) is 11.4 Å². The van der Waals surface area contributed by atoms with Gasteiger partial charge in [-0.05, 0) is 30.0 Å². The van der Waals surface area contributed by atoms with Crippen LogP contribution in [0.5, 0.6) is 0 Å². The molecule has 0 radical (unpaired) electrons. The molecule has 0 atom stereocenters. The minimum absolute atomic E-state index is 0.287. The molecule has 0 saturated heterocycles. The predicted octanol–water partition coefficient (Wildman–Crippen LogP) is 2.22. The van der Waals surface area contributed by atoms with Gasteiger partial charge in [0.15, 0.2) is 0 Å². The zero-order chi connectivity index (χ0) is 13.1. The number of nitrogens with two attached hydrogens (primary N) is 2. The second-order valence-electron chi connectivity index (χ2n) is 5.40. The molecule has 0 aromatic heterocycles. The molecule has 1 rings (SSSR count). The summed E-state index contributed by atoms with van der Waals surface area (Å²) in [7, 11) is 0. The minimum Gasteiger partial charge on any atom is -0.397 e. The summed E-state index contributed by atoms with van der Waals surface area (Å²) >= 11 is 0. The Bertz CT molecular complexity index is 408. The zero-order valence-corrected chi connectivity index (χ0v) is 10.7. The van der Waals surface area contributed by atoms with E-state index in [-0.39, 0.29) is 5.41 Å². The van der Waals surface area contributed by atoms with Crippen molar-refractivity contribution in [3.63, 3.8) is 0 Å². The summed E-state index contributed by atoms with van der Waals surface area (Å²) in [4.78, 5) is 11.0. The van der Waals surface area contributed by atoms with Gasteiger partial charge in [0, 0.05) is 12.1 Å². The number of nitrogen functional groups attached to an aromatic ring is 1. The molecule has 94 valence electrons. The van der Waals surface area contributed by atoms with Gasteiger partial charge in [0.25, 0.3) is 0 Å². The van der Waals surface area contributed by atoms with Crippen LogP contribution in [-0.2, 0) is 0 Å². The van der Waals surface area contributed by atoms with Crippen LogP contribution in [0.4, 0.5) is 11.4 Å². The number of nitrogens with one attached hydrogen (secondary N) is 1. The van der Waals surface area contributed by atoms with Gasteiger partial charge in [-0.15, -0.1) is 0 Å². The Balaban J connectivity index is 2.64. The van der Waals surface area contributed by atoms with Crippen molar-refractivity contribution >= 4 is 17.3 Å². The molecule has 0 spiro atoms. The fourth-order valence-corrected chi connectivity index (χ4v) is 1.45. The van der Waals surface area contributed by atoms with E-state index in [4.69, 9.17) is 11.5 Å². The Kier molecular flexibility index (Phi) is 3.99. The number of anilines is 2. The molecular formula is C13H21N3O. The molecule has 1 amide bonds. The van der Waals surface area contributed by atoms with Gasteiger partial charge in [-0.1, -0.05) is 20.8 Å². The quantitative estimate of drug-likeness (QED) is 0.700. The first-order valence-electron chi connectivity index (χ1n) is 5.73. The van der Waals surface area contributed by atoms with Crippen molar-refractivity contribution in [1.82, 2.24) is 0 Å². The van der Waals surface area contributed by atoms with Crippen LogP contribution in [-0.4, -0.2) is 12.5 Å². The normalized spacial score (nSPS) is 11.2. The third-order valence-corrected chi connectivity index (χ3v) is 2.53. The summed E-state index contributed by atoms with van der Waals surface area (Å²) in [5, 5.41) is 3.26. The molecule has 1 aromatic carbocycles. The number of carbonyl (C=O) groups excluding carboxylic acids is 1. The Morgan fingerprint density at radius 1 is 1.35 bits per heavy atom. The van der Waals surface area contributed by atoms with Crippen molar-refractivity contribution < 1.29 is 4.79 Å². The highest BCUT2D eigenvalue weighted by molar-refractivity contribution is 5.94. The van der Waals surface area contributed by atoms with Gasteiger partial charge in [0.1, 0.15) is 0 Å². The SMILES string of the molecule is CC(C)(C)CCNc1ccc(C(N)=O)cc1N. The van der Waals surface area contributed by atoms with Crippen molar-refractivity contribution in [3.8, 4) is 0 Å². The van der Waals surface area contributed by atoms with Crippen molar-refractivity contribution in [3.05, 3.63) is 23.8 Å². The molecule has 4 heteroatoms. The van der Waals surface area contributed by atoms with Crippen molar-refractivity contribution in [1.29, 1.82) is 0 Å². The molecule has 1 aromatic rings. The minimum atomic E-state index is -0.460. The zero-order valence-electron chi connectivity index (χ0n) is 10.7. The van der Waals surface area contributed by atoms with E-state index in [1.807, 2.05) is 0 Å². The smallest absolute Gasteiger partial charge is 0.248 e. The molecule has 0 aliphatic carbocycles. The maximum absolute atomic E-state index is 11.0. The highest BCUT2D eigenvalue weighted by Crippen LogP contribution is 2.22. The van der Waals surface area contributed by atoms with Crippen LogP contribution in [0.3, 0.4) is 0 Å². The lowest BCUT2D eigenvalue weighted by Crippen LogP contribution is -2.14. The molecular weight excluding hydrogens is 214 g/mol. The van der Waals surface area contributed by atoms with Crippen LogP contribution in [0.1, 0.15) is 37.6 Å². The molecule has 0 bridgehead atoms. The van der Waals surface area contributed by atoms with Gasteiger partial charge >= 0.3 is 0 Å². The average Bonchev–Trinajstić information content (AvgIpc) is 2.18. The van der Waals surface area contributed by atoms with Gasteiger partial charge < -0.3 is 16.8 Å². The largest absolute Gasteiger partial charge is 0.397 e. The molecule has 0 aliphatic heterocycles. The maximum Gasteiger partial charge on any atom is 0.248 e. The molecule has 4 nitrogen and oxygen atoms in total. The van der Waals surface area contributed by atoms with E-state index >= 15 is 0 Å². The van der Waals surface area contributed by atoms with Gasteiger partial charge in [-0.3, -0.25) is 4.79 Å². The fourth-order valence-electron chi connectivity index (χ4n) is 1.45. The molecule has 0 unspecified atom stereocenters. The van der Waals surface area contributed by atoms with E-state index in [1.54, 1.807) is 18.2 Å². The van der Waals surface area contributed by atoms with Gasteiger partial charge in [0.2, 0.25) is 5.91 Å². The number of carbonyl (C=O) groups is 1. The van der Waals surface area contributed by atoms with E-state index in [2.05, 4.69) is 26.1 Å². The standard InChI is InChI=1S/C13H21N3O/c1-13(2,3)6-7-16-11-5-4-9(12(15)17)8-10(11)14/h4-5,8,16H,6-7,14H2,1-3H3,(H2,15,17). The summed E-state index contributed by atoms with van der Waals surface area (Å²) in [6.45, 7) is 7.42.